The van der Waals surface area contributed by atoms with Crippen LogP contribution in [0.15, 0.2) is 24.3 Å². The molecule has 1 spiro atoms. The summed E-state index contributed by atoms with van der Waals surface area (Å²) in [7, 11) is 0. The molecule has 1 saturated heterocycles. The van der Waals surface area contributed by atoms with Crippen molar-refractivity contribution < 1.29 is 9.84 Å². The summed E-state index contributed by atoms with van der Waals surface area (Å²) in [6, 6.07) is 9.45. The Morgan fingerprint density at radius 2 is 1.90 bits per heavy atom. The molecule has 3 heteroatoms. The van der Waals surface area contributed by atoms with Gasteiger partial charge in [-0.1, -0.05) is 31.4 Å². The molecule has 2 atom stereocenters. The van der Waals surface area contributed by atoms with E-state index in [1.807, 2.05) is 12.1 Å². The van der Waals surface area contributed by atoms with Crippen molar-refractivity contribution in [3.63, 3.8) is 0 Å². The largest absolute Gasteiger partial charge is 0.388 e. The van der Waals surface area contributed by atoms with E-state index in [1.54, 1.807) is 12.1 Å². The second-order valence-electron chi connectivity index (χ2n) is 6.52. The van der Waals surface area contributed by atoms with Crippen molar-refractivity contribution in [3.05, 3.63) is 35.4 Å². The Morgan fingerprint density at radius 1 is 1.19 bits per heavy atom. The van der Waals surface area contributed by atoms with Gasteiger partial charge in [-0.05, 0) is 49.3 Å². The van der Waals surface area contributed by atoms with Crippen LogP contribution in [0.4, 0.5) is 0 Å². The minimum Gasteiger partial charge on any atom is -0.388 e. The van der Waals surface area contributed by atoms with E-state index >= 15 is 0 Å². The van der Waals surface area contributed by atoms with Crippen LogP contribution in [0, 0.1) is 17.2 Å². The number of nitrogens with zero attached hydrogens (tertiary/aromatic N) is 1. The third-order valence-electron chi connectivity index (χ3n) is 5.12. The standard InChI is InChI=1S/C18H23NO2/c19-13-14-4-6-15(7-5-14)17(20)16-8-11-21-18(12-16)9-2-1-3-10-18/h4-7,16-17,20H,1-3,8-12H2. The van der Waals surface area contributed by atoms with Crippen molar-refractivity contribution >= 4 is 0 Å². The number of hydrogen-bond donors (Lipinski definition) is 1. The maximum atomic E-state index is 10.7. The fourth-order valence-electron chi connectivity index (χ4n) is 3.91. The summed E-state index contributed by atoms with van der Waals surface area (Å²) in [6.45, 7) is 0.762. The van der Waals surface area contributed by atoms with E-state index in [4.69, 9.17) is 10.00 Å². The van der Waals surface area contributed by atoms with Crippen molar-refractivity contribution in [1.29, 1.82) is 5.26 Å². The Labute approximate surface area is 126 Å². The highest BCUT2D eigenvalue weighted by Crippen LogP contribution is 2.44. The van der Waals surface area contributed by atoms with Crippen molar-refractivity contribution in [2.45, 2.75) is 56.7 Å². The molecule has 3 rings (SSSR count). The molecule has 2 aliphatic rings. The molecule has 1 aliphatic heterocycles. The third-order valence-corrected chi connectivity index (χ3v) is 5.12. The highest BCUT2D eigenvalue weighted by Gasteiger charge is 2.40. The van der Waals surface area contributed by atoms with Crippen molar-refractivity contribution in [2.24, 2.45) is 5.92 Å². The molecular weight excluding hydrogens is 262 g/mol. The predicted molar refractivity (Wildman–Crippen MR) is 80.6 cm³/mol. The number of ether oxygens (including phenoxy) is 1. The van der Waals surface area contributed by atoms with Crippen LogP contribution in [-0.4, -0.2) is 17.3 Å². The van der Waals surface area contributed by atoms with Crippen LogP contribution in [0.5, 0.6) is 0 Å². The molecule has 0 amide bonds. The Bertz CT molecular complexity index is 506. The summed E-state index contributed by atoms with van der Waals surface area (Å²) in [6.07, 6.45) is 7.54. The average molecular weight is 285 g/mol. The summed E-state index contributed by atoms with van der Waals surface area (Å²) in [4.78, 5) is 0. The molecule has 0 radical (unpaired) electrons. The first-order valence-electron chi connectivity index (χ1n) is 8.05. The van der Waals surface area contributed by atoms with Crippen LogP contribution in [0.2, 0.25) is 0 Å². The van der Waals surface area contributed by atoms with Crippen LogP contribution in [-0.2, 0) is 4.74 Å². The number of nitriles is 1. The summed E-state index contributed by atoms with van der Waals surface area (Å²) in [5, 5.41) is 19.5. The van der Waals surface area contributed by atoms with Gasteiger partial charge in [0.25, 0.3) is 0 Å². The summed E-state index contributed by atoms with van der Waals surface area (Å²) in [5.41, 5.74) is 1.59. The molecule has 1 saturated carbocycles. The lowest BCUT2D eigenvalue weighted by molar-refractivity contribution is -0.134. The van der Waals surface area contributed by atoms with E-state index in [-0.39, 0.29) is 11.5 Å². The maximum Gasteiger partial charge on any atom is 0.0991 e. The smallest absolute Gasteiger partial charge is 0.0991 e. The van der Waals surface area contributed by atoms with Crippen LogP contribution in [0.1, 0.15) is 62.2 Å². The maximum absolute atomic E-state index is 10.7. The lowest BCUT2D eigenvalue weighted by atomic mass is 9.74. The van der Waals surface area contributed by atoms with Crippen molar-refractivity contribution in [3.8, 4) is 6.07 Å². The first-order chi connectivity index (χ1) is 10.2. The summed E-state index contributed by atoms with van der Waals surface area (Å²) >= 11 is 0. The van der Waals surface area contributed by atoms with Crippen LogP contribution in [0.25, 0.3) is 0 Å². The van der Waals surface area contributed by atoms with Gasteiger partial charge in [0.1, 0.15) is 0 Å². The molecule has 112 valence electrons. The minimum absolute atomic E-state index is 0.0226. The van der Waals surface area contributed by atoms with Crippen LogP contribution < -0.4 is 0 Å². The van der Waals surface area contributed by atoms with Gasteiger partial charge in [0, 0.05) is 6.61 Å². The van der Waals surface area contributed by atoms with Gasteiger partial charge < -0.3 is 9.84 Å². The summed E-state index contributed by atoms with van der Waals surface area (Å²) < 4.78 is 6.11. The lowest BCUT2D eigenvalue weighted by Gasteiger charge is -2.44. The first-order valence-corrected chi connectivity index (χ1v) is 8.05. The molecule has 1 heterocycles. The number of benzene rings is 1. The molecule has 1 aromatic rings. The van der Waals surface area contributed by atoms with Gasteiger partial charge in [-0.25, -0.2) is 0 Å². The Balaban J connectivity index is 1.71. The zero-order chi connectivity index (χ0) is 14.7. The Kier molecular flexibility index (Phi) is 4.28. The quantitative estimate of drug-likeness (QED) is 0.901. The van der Waals surface area contributed by atoms with E-state index in [1.165, 1.54) is 19.3 Å². The van der Waals surface area contributed by atoms with Gasteiger partial charge in [0.15, 0.2) is 0 Å². The molecule has 2 fully saturated rings. The van der Waals surface area contributed by atoms with Gasteiger partial charge in [0.2, 0.25) is 0 Å². The first kappa shape index (κ1) is 14.6. The Morgan fingerprint density at radius 3 is 2.57 bits per heavy atom. The molecule has 0 bridgehead atoms. The highest BCUT2D eigenvalue weighted by atomic mass is 16.5. The second-order valence-corrected chi connectivity index (χ2v) is 6.52. The zero-order valence-electron chi connectivity index (χ0n) is 12.4. The Hall–Kier alpha value is -1.37. The predicted octanol–water partition coefficient (Wildman–Crippen LogP) is 3.72. The van der Waals surface area contributed by atoms with Gasteiger partial charge in [-0.2, -0.15) is 5.26 Å². The van der Waals surface area contributed by atoms with E-state index in [9.17, 15) is 5.11 Å². The normalized spacial score (nSPS) is 26.2. The molecule has 2 unspecified atom stereocenters. The van der Waals surface area contributed by atoms with Gasteiger partial charge in [-0.15, -0.1) is 0 Å². The van der Waals surface area contributed by atoms with Gasteiger partial charge >= 0.3 is 0 Å². The zero-order valence-corrected chi connectivity index (χ0v) is 12.4. The average Bonchev–Trinajstić information content (AvgIpc) is 2.55. The van der Waals surface area contributed by atoms with E-state index in [0.29, 0.717) is 5.56 Å². The number of rotatable bonds is 2. The highest BCUT2D eigenvalue weighted by molar-refractivity contribution is 5.32. The lowest BCUT2D eigenvalue weighted by Crippen LogP contribution is -2.42. The second kappa shape index (κ2) is 6.17. The number of hydrogen-bond acceptors (Lipinski definition) is 3. The fourth-order valence-corrected chi connectivity index (χ4v) is 3.91. The summed E-state index contributed by atoms with van der Waals surface area (Å²) in [5.74, 6) is 0.268. The van der Waals surface area contributed by atoms with E-state index < -0.39 is 6.10 Å². The van der Waals surface area contributed by atoms with Gasteiger partial charge in [0.05, 0.1) is 23.3 Å². The molecule has 3 nitrogen and oxygen atoms in total. The van der Waals surface area contributed by atoms with E-state index in [0.717, 1.165) is 37.9 Å². The fraction of sp³-hybridized carbons (Fsp3) is 0.611. The van der Waals surface area contributed by atoms with Crippen molar-refractivity contribution in [1.82, 2.24) is 0 Å². The number of aliphatic hydroxyl groups is 1. The topological polar surface area (TPSA) is 53.2 Å². The molecular formula is C18H23NO2. The number of aliphatic hydroxyl groups excluding tert-OH is 1. The molecule has 1 N–H and O–H groups in total. The minimum atomic E-state index is -0.444. The van der Waals surface area contributed by atoms with Crippen molar-refractivity contribution in [2.75, 3.05) is 6.61 Å². The molecule has 1 aromatic carbocycles. The van der Waals surface area contributed by atoms with Gasteiger partial charge in [-0.3, -0.25) is 0 Å². The monoisotopic (exact) mass is 285 g/mol. The SMILES string of the molecule is N#Cc1ccc(C(O)C2CCOC3(CCCCC3)C2)cc1. The molecule has 1 aliphatic carbocycles. The van der Waals surface area contributed by atoms with Crippen LogP contribution in [0.3, 0.4) is 0 Å². The molecule has 0 aromatic heterocycles. The molecule has 21 heavy (non-hydrogen) atoms. The van der Waals surface area contributed by atoms with Crippen LogP contribution >= 0.6 is 0 Å². The third kappa shape index (κ3) is 3.12. The van der Waals surface area contributed by atoms with E-state index in [2.05, 4.69) is 6.07 Å².